The molecule has 3 rings (SSSR count). The van der Waals surface area contributed by atoms with E-state index in [9.17, 15) is 18.3 Å². The average molecular weight is 396 g/mol. The maximum absolute atomic E-state index is 12.6. The minimum atomic E-state index is -3.60. The number of rotatable bonds is 5. The minimum Gasteiger partial charge on any atom is -0.391 e. The maximum Gasteiger partial charge on any atom is 0.262 e. The Bertz CT molecular complexity index is 673. The normalized spacial score (nSPS) is 24.7. The van der Waals surface area contributed by atoms with Crippen molar-refractivity contribution in [3.8, 4) is 0 Å². The van der Waals surface area contributed by atoms with Gasteiger partial charge in [-0.1, -0.05) is 0 Å². The molecule has 0 aliphatic carbocycles. The van der Waals surface area contributed by atoms with Gasteiger partial charge in [-0.05, 0) is 24.3 Å². The number of carbonyl (C=O) groups is 1. The molecule has 0 spiro atoms. The molecule has 1 aromatic heterocycles. The van der Waals surface area contributed by atoms with Crippen LogP contribution in [0.25, 0.3) is 0 Å². The SMILES string of the molecule is Cl.O=C(NCC1CNCC1O)c1sccc1S(=O)(=O)N1CCCC1. The Morgan fingerprint density at radius 3 is 2.71 bits per heavy atom. The van der Waals surface area contributed by atoms with E-state index in [0.29, 0.717) is 32.7 Å². The summed E-state index contributed by atoms with van der Waals surface area (Å²) >= 11 is 1.13. The number of amides is 1. The second-order valence-corrected chi connectivity index (χ2v) is 8.74. The summed E-state index contributed by atoms with van der Waals surface area (Å²) in [4.78, 5) is 12.7. The van der Waals surface area contributed by atoms with Crippen molar-refractivity contribution in [3.05, 3.63) is 16.3 Å². The standard InChI is InChI=1S/C14H21N3O4S2.ClH/c18-11-9-15-7-10(11)8-16-14(19)13-12(3-6-22-13)23(20,21)17-4-1-2-5-17;/h3,6,10-11,15,18H,1-2,4-5,7-9H2,(H,16,19);1H. The van der Waals surface area contributed by atoms with Gasteiger partial charge in [-0.25, -0.2) is 8.42 Å². The molecule has 2 fully saturated rings. The first-order chi connectivity index (χ1) is 11.0. The molecule has 2 atom stereocenters. The second kappa shape index (κ2) is 8.11. The van der Waals surface area contributed by atoms with Crippen LogP contribution < -0.4 is 10.6 Å². The molecule has 10 heteroatoms. The number of hydrogen-bond donors (Lipinski definition) is 3. The lowest BCUT2D eigenvalue weighted by Crippen LogP contribution is -2.35. The van der Waals surface area contributed by atoms with Crippen LogP contribution in [-0.4, -0.2) is 62.6 Å². The first kappa shape index (κ1) is 19.6. The van der Waals surface area contributed by atoms with Crippen LogP contribution in [0.4, 0.5) is 0 Å². The Balaban J connectivity index is 0.00000208. The van der Waals surface area contributed by atoms with E-state index in [1.807, 2.05) is 0 Å². The lowest BCUT2D eigenvalue weighted by molar-refractivity contribution is 0.0928. The molecule has 2 aliphatic rings. The molecule has 0 saturated carbocycles. The molecule has 136 valence electrons. The number of β-amino-alcohol motifs (C(OH)–C–C–N with tert-alkyl or cyclic N) is 1. The second-order valence-electron chi connectivity index (χ2n) is 5.92. The van der Waals surface area contributed by atoms with Gasteiger partial charge in [0.15, 0.2) is 0 Å². The molecule has 0 bridgehead atoms. The van der Waals surface area contributed by atoms with Crippen molar-refractivity contribution in [2.45, 2.75) is 23.8 Å². The molecule has 24 heavy (non-hydrogen) atoms. The first-order valence-corrected chi connectivity index (χ1v) is 10.1. The number of halogens is 1. The smallest absolute Gasteiger partial charge is 0.262 e. The van der Waals surface area contributed by atoms with Gasteiger partial charge in [0.1, 0.15) is 9.77 Å². The van der Waals surface area contributed by atoms with Crippen molar-refractivity contribution in [2.75, 3.05) is 32.7 Å². The van der Waals surface area contributed by atoms with Gasteiger partial charge in [0.2, 0.25) is 10.0 Å². The zero-order chi connectivity index (χ0) is 16.4. The lowest BCUT2D eigenvalue weighted by atomic mass is 10.1. The fraction of sp³-hybridized carbons (Fsp3) is 0.643. The molecular formula is C14H22ClN3O4S2. The van der Waals surface area contributed by atoms with E-state index in [-0.39, 0.29) is 28.1 Å². The van der Waals surface area contributed by atoms with E-state index in [1.54, 1.807) is 5.38 Å². The molecule has 3 N–H and O–H groups in total. The molecule has 2 unspecified atom stereocenters. The predicted molar refractivity (Wildman–Crippen MR) is 94.3 cm³/mol. The van der Waals surface area contributed by atoms with Crippen molar-refractivity contribution in [1.29, 1.82) is 0 Å². The Kier molecular flexibility index (Phi) is 6.63. The van der Waals surface area contributed by atoms with Crippen LogP contribution in [0.5, 0.6) is 0 Å². The van der Waals surface area contributed by atoms with Crippen LogP contribution in [0.3, 0.4) is 0 Å². The fourth-order valence-electron chi connectivity index (χ4n) is 2.97. The summed E-state index contributed by atoms with van der Waals surface area (Å²) in [6, 6.07) is 1.50. The van der Waals surface area contributed by atoms with Gasteiger partial charge in [0.05, 0.1) is 6.10 Å². The summed E-state index contributed by atoms with van der Waals surface area (Å²) in [5.41, 5.74) is 0. The van der Waals surface area contributed by atoms with E-state index in [0.717, 1.165) is 24.2 Å². The lowest BCUT2D eigenvalue weighted by Gasteiger charge is -2.17. The topological polar surface area (TPSA) is 98.7 Å². The van der Waals surface area contributed by atoms with Crippen LogP contribution in [0.1, 0.15) is 22.5 Å². The van der Waals surface area contributed by atoms with Crippen LogP contribution in [0.2, 0.25) is 0 Å². The zero-order valence-electron chi connectivity index (χ0n) is 13.1. The van der Waals surface area contributed by atoms with E-state index < -0.39 is 22.0 Å². The van der Waals surface area contributed by atoms with Crippen LogP contribution >= 0.6 is 23.7 Å². The number of hydrogen-bond acceptors (Lipinski definition) is 6. The number of sulfonamides is 1. The third-order valence-corrected chi connectivity index (χ3v) is 7.33. The average Bonchev–Trinajstić information content (AvgIpc) is 3.26. The third-order valence-electron chi connectivity index (χ3n) is 4.35. The summed E-state index contributed by atoms with van der Waals surface area (Å²) in [5.74, 6) is -0.436. The van der Waals surface area contributed by atoms with Gasteiger partial charge in [-0.2, -0.15) is 4.31 Å². The molecule has 0 aromatic carbocycles. The predicted octanol–water partition coefficient (Wildman–Crippen LogP) is 0.264. The van der Waals surface area contributed by atoms with Gasteiger partial charge < -0.3 is 15.7 Å². The van der Waals surface area contributed by atoms with E-state index in [4.69, 9.17) is 0 Å². The Hall–Kier alpha value is -0.710. The highest BCUT2D eigenvalue weighted by Crippen LogP contribution is 2.27. The van der Waals surface area contributed by atoms with Gasteiger partial charge in [-0.3, -0.25) is 4.79 Å². The fourth-order valence-corrected chi connectivity index (χ4v) is 5.80. The van der Waals surface area contributed by atoms with Crippen molar-refractivity contribution >= 4 is 39.7 Å². The summed E-state index contributed by atoms with van der Waals surface area (Å²) in [6.45, 7) is 2.52. The van der Waals surface area contributed by atoms with Crippen LogP contribution in [0.15, 0.2) is 16.3 Å². The number of carbonyl (C=O) groups excluding carboxylic acids is 1. The van der Waals surface area contributed by atoms with Crippen molar-refractivity contribution < 1.29 is 18.3 Å². The van der Waals surface area contributed by atoms with Gasteiger partial charge in [0.25, 0.3) is 5.91 Å². The molecule has 1 amide bonds. The van der Waals surface area contributed by atoms with Crippen molar-refractivity contribution in [3.63, 3.8) is 0 Å². The first-order valence-electron chi connectivity index (χ1n) is 7.75. The quantitative estimate of drug-likeness (QED) is 0.664. The number of nitrogens with zero attached hydrogens (tertiary/aromatic N) is 1. The Labute approximate surface area is 151 Å². The number of nitrogens with one attached hydrogen (secondary N) is 2. The monoisotopic (exact) mass is 395 g/mol. The Morgan fingerprint density at radius 2 is 2.08 bits per heavy atom. The van der Waals surface area contributed by atoms with Gasteiger partial charge in [0, 0.05) is 38.6 Å². The number of thiophene rings is 1. The third kappa shape index (κ3) is 3.92. The largest absolute Gasteiger partial charge is 0.391 e. The number of aliphatic hydroxyl groups is 1. The zero-order valence-corrected chi connectivity index (χ0v) is 15.6. The molecule has 0 radical (unpaired) electrons. The summed E-state index contributed by atoms with van der Waals surface area (Å²) in [6.07, 6.45) is 1.24. The van der Waals surface area contributed by atoms with Gasteiger partial charge >= 0.3 is 0 Å². The summed E-state index contributed by atoms with van der Waals surface area (Å²) in [5, 5.41) is 17.2. The van der Waals surface area contributed by atoms with Crippen LogP contribution in [-0.2, 0) is 10.0 Å². The van der Waals surface area contributed by atoms with E-state index in [2.05, 4.69) is 10.6 Å². The minimum absolute atomic E-state index is 0. The molecule has 7 nitrogen and oxygen atoms in total. The Morgan fingerprint density at radius 1 is 1.38 bits per heavy atom. The number of aliphatic hydroxyl groups excluding tert-OH is 1. The molecule has 3 heterocycles. The maximum atomic E-state index is 12.6. The molecule has 2 aliphatic heterocycles. The van der Waals surface area contributed by atoms with Gasteiger partial charge in [-0.15, -0.1) is 23.7 Å². The van der Waals surface area contributed by atoms with E-state index >= 15 is 0 Å². The van der Waals surface area contributed by atoms with Crippen molar-refractivity contribution in [2.24, 2.45) is 5.92 Å². The highest BCUT2D eigenvalue weighted by Gasteiger charge is 2.32. The summed E-state index contributed by atoms with van der Waals surface area (Å²) < 4.78 is 26.7. The molecule has 1 aromatic rings. The highest BCUT2D eigenvalue weighted by atomic mass is 35.5. The van der Waals surface area contributed by atoms with Crippen molar-refractivity contribution in [1.82, 2.24) is 14.9 Å². The van der Waals surface area contributed by atoms with E-state index in [1.165, 1.54) is 10.4 Å². The van der Waals surface area contributed by atoms with Crippen LogP contribution in [0, 0.1) is 5.92 Å². The molecular weight excluding hydrogens is 374 g/mol. The molecule has 2 saturated heterocycles. The summed E-state index contributed by atoms with van der Waals surface area (Å²) in [7, 11) is -3.60. The highest BCUT2D eigenvalue weighted by molar-refractivity contribution is 7.89.